The molecule has 1 saturated heterocycles. The van der Waals surface area contributed by atoms with Crippen LogP contribution in [-0.4, -0.2) is 34.1 Å². The molecule has 1 atom stereocenters. The highest BCUT2D eigenvalue weighted by Gasteiger charge is 2.23. The van der Waals surface area contributed by atoms with Crippen LogP contribution < -0.4 is 4.74 Å². The molecule has 0 aliphatic carbocycles. The average Bonchev–Trinajstić information content (AvgIpc) is 3.36. The van der Waals surface area contributed by atoms with Crippen LogP contribution in [0.25, 0.3) is 22.4 Å². The van der Waals surface area contributed by atoms with Gasteiger partial charge in [-0.2, -0.15) is 0 Å². The van der Waals surface area contributed by atoms with Gasteiger partial charge in [0.15, 0.2) is 0 Å². The number of imidazole rings is 1. The molecule has 4 nitrogen and oxygen atoms in total. The van der Waals surface area contributed by atoms with Crippen molar-refractivity contribution in [2.24, 2.45) is 0 Å². The van der Waals surface area contributed by atoms with Crippen molar-refractivity contribution in [2.45, 2.75) is 19.1 Å². The zero-order valence-electron chi connectivity index (χ0n) is 15.7. The first-order chi connectivity index (χ1) is 13.8. The van der Waals surface area contributed by atoms with Crippen LogP contribution in [0.15, 0.2) is 78.9 Å². The molecule has 4 aromatic rings. The standard InChI is InChI=1S/C24H23N3O/c1-2-6-18(7-3-1)16-27-15-14-21(17-27)28-20-12-10-19(11-13-20)24-25-22-8-4-5-9-23(22)26-24/h1-13,21H,14-17H2,(H,25,26). The molecular formula is C24H23N3O. The fourth-order valence-electron chi connectivity index (χ4n) is 3.85. The Labute approximate surface area is 164 Å². The third-order valence-corrected chi connectivity index (χ3v) is 5.30. The quantitative estimate of drug-likeness (QED) is 0.545. The van der Waals surface area contributed by atoms with Crippen molar-refractivity contribution in [3.63, 3.8) is 0 Å². The Kier molecular flexibility index (Phi) is 4.55. The van der Waals surface area contributed by atoms with Gasteiger partial charge in [0.25, 0.3) is 0 Å². The van der Waals surface area contributed by atoms with Gasteiger partial charge in [0.05, 0.1) is 11.0 Å². The van der Waals surface area contributed by atoms with Gasteiger partial charge in [-0.05, 0) is 48.4 Å². The van der Waals surface area contributed by atoms with Crippen molar-refractivity contribution in [1.82, 2.24) is 14.9 Å². The van der Waals surface area contributed by atoms with Crippen molar-refractivity contribution < 1.29 is 4.74 Å². The molecule has 0 spiro atoms. The van der Waals surface area contributed by atoms with Crippen LogP contribution in [0, 0.1) is 0 Å². The summed E-state index contributed by atoms with van der Waals surface area (Å²) in [6, 6.07) is 27.0. The highest BCUT2D eigenvalue weighted by molar-refractivity contribution is 5.79. The van der Waals surface area contributed by atoms with E-state index >= 15 is 0 Å². The smallest absolute Gasteiger partial charge is 0.138 e. The Morgan fingerprint density at radius 1 is 0.929 bits per heavy atom. The number of hydrogen-bond acceptors (Lipinski definition) is 3. The number of para-hydroxylation sites is 2. The maximum absolute atomic E-state index is 6.22. The van der Waals surface area contributed by atoms with Crippen LogP contribution in [0.3, 0.4) is 0 Å². The fraction of sp³-hybridized carbons (Fsp3) is 0.208. The van der Waals surface area contributed by atoms with E-state index in [4.69, 9.17) is 4.74 Å². The van der Waals surface area contributed by atoms with Gasteiger partial charge in [0, 0.05) is 25.2 Å². The summed E-state index contributed by atoms with van der Waals surface area (Å²) in [6.45, 7) is 3.04. The number of H-pyrrole nitrogens is 1. The van der Waals surface area contributed by atoms with E-state index in [1.54, 1.807) is 0 Å². The summed E-state index contributed by atoms with van der Waals surface area (Å²) in [5.74, 6) is 1.81. The van der Waals surface area contributed by atoms with Gasteiger partial charge >= 0.3 is 0 Å². The number of nitrogens with one attached hydrogen (secondary N) is 1. The van der Waals surface area contributed by atoms with Crippen molar-refractivity contribution in [3.8, 4) is 17.1 Å². The highest BCUT2D eigenvalue weighted by atomic mass is 16.5. The van der Waals surface area contributed by atoms with Gasteiger partial charge < -0.3 is 9.72 Å². The summed E-state index contributed by atoms with van der Waals surface area (Å²) in [4.78, 5) is 10.5. The molecule has 28 heavy (non-hydrogen) atoms. The average molecular weight is 369 g/mol. The Morgan fingerprint density at radius 2 is 1.71 bits per heavy atom. The maximum Gasteiger partial charge on any atom is 0.138 e. The molecule has 0 saturated carbocycles. The van der Waals surface area contributed by atoms with Gasteiger partial charge in [-0.15, -0.1) is 0 Å². The highest BCUT2D eigenvalue weighted by Crippen LogP contribution is 2.25. The van der Waals surface area contributed by atoms with Crippen LogP contribution in [-0.2, 0) is 6.54 Å². The van der Waals surface area contributed by atoms with E-state index in [1.807, 2.05) is 36.4 Å². The monoisotopic (exact) mass is 369 g/mol. The van der Waals surface area contributed by atoms with E-state index < -0.39 is 0 Å². The van der Waals surface area contributed by atoms with Crippen LogP contribution in [0.5, 0.6) is 5.75 Å². The van der Waals surface area contributed by atoms with Crippen molar-refractivity contribution in [3.05, 3.63) is 84.4 Å². The van der Waals surface area contributed by atoms with E-state index in [9.17, 15) is 0 Å². The SMILES string of the molecule is c1ccc(CN2CCC(Oc3ccc(-c4nc5ccccc5[nH]4)cc3)C2)cc1. The number of benzene rings is 3. The number of aromatic amines is 1. The van der Waals surface area contributed by atoms with E-state index in [-0.39, 0.29) is 6.10 Å². The van der Waals surface area contributed by atoms with Crippen molar-refractivity contribution in [2.75, 3.05) is 13.1 Å². The molecule has 0 bridgehead atoms. The lowest BCUT2D eigenvalue weighted by atomic mass is 10.2. The topological polar surface area (TPSA) is 41.1 Å². The normalized spacial score (nSPS) is 17.2. The lowest BCUT2D eigenvalue weighted by Crippen LogP contribution is -2.24. The molecule has 1 N–H and O–H groups in total. The number of aromatic nitrogens is 2. The third-order valence-electron chi connectivity index (χ3n) is 5.30. The second-order valence-corrected chi connectivity index (χ2v) is 7.38. The van der Waals surface area contributed by atoms with E-state index in [0.717, 1.165) is 54.2 Å². The summed E-state index contributed by atoms with van der Waals surface area (Å²) in [5.41, 5.74) is 4.48. The first kappa shape index (κ1) is 17.0. The summed E-state index contributed by atoms with van der Waals surface area (Å²) >= 11 is 0. The summed E-state index contributed by atoms with van der Waals surface area (Å²) in [6.07, 6.45) is 1.32. The molecule has 140 valence electrons. The van der Waals surface area contributed by atoms with Gasteiger partial charge in [-0.25, -0.2) is 4.98 Å². The second-order valence-electron chi connectivity index (χ2n) is 7.38. The predicted molar refractivity (Wildman–Crippen MR) is 112 cm³/mol. The Bertz CT molecular complexity index is 1020. The number of likely N-dealkylation sites (tertiary alicyclic amines) is 1. The van der Waals surface area contributed by atoms with E-state index in [1.165, 1.54) is 5.56 Å². The van der Waals surface area contributed by atoms with Crippen molar-refractivity contribution in [1.29, 1.82) is 0 Å². The Morgan fingerprint density at radius 3 is 2.54 bits per heavy atom. The lowest BCUT2D eigenvalue weighted by molar-refractivity contribution is 0.198. The van der Waals surface area contributed by atoms with E-state index in [2.05, 4.69) is 57.3 Å². The van der Waals surface area contributed by atoms with Crippen LogP contribution in [0.1, 0.15) is 12.0 Å². The van der Waals surface area contributed by atoms with Crippen LogP contribution in [0.4, 0.5) is 0 Å². The molecule has 1 aliphatic rings. The molecule has 0 radical (unpaired) electrons. The van der Waals surface area contributed by atoms with Gasteiger partial charge in [-0.1, -0.05) is 42.5 Å². The van der Waals surface area contributed by atoms with Gasteiger partial charge in [-0.3, -0.25) is 4.90 Å². The molecule has 1 fully saturated rings. The van der Waals surface area contributed by atoms with Crippen LogP contribution >= 0.6 is 0 Å². The lowest BCUT2D eigenvalue weighted by Gasteiger charge is -2.17. The zero-order chi connectivity index (χ0) is 18.8. The summed E-state index contributed by atoms with van der Waals surface area (Å²) < 4.78 is 6.22. The third kappa shape index (κ3) is 3.64. The molecule has 0 amide bonds. The first-order valence-electron chi connectivity index (χ1n) is 9.82. The molecular weight excluding hydrogens is 346 g/mol. The minimum atomic E-state index is 0.251. The number of ether oxygens (including phenoxy) is 1. The minimum absolute atomic E-state index is 0.251. The predicted octanol–water partition coefficient (Wildman–Crippen LogP) is 4.88. The van der Waals surface area contributed by atoms with E-state index in [0.29, 0.717) is 0 Å². The minimum Gasteiger partial charge on any atom is -0.489 e. The number of hydrogen-bond donors (Lipinski definition) is 1. The molecule has 2 heterocycles. The molecule has 1 unspecified atom stereocenters. The molecule has 5 rings (SSSR count). The van der Waals surface area contributed by atoms with Crippen molar-refractivity contribution >= 4 is 11.0 Å². The number of nitrogens with zero attached hydrogens (tertiary/aromatic N) is 2. The molecule has 4 heteroatoms. The largest absolute Gasteiger partial charge is 0.489 e. The fourth-order valence-corrected chi connectivity index (χ4v) is 3.85. The summed E-state index contributed by atoms with van der Waals surface area (Å²) in [7, 11) is 0. The van der Waals surface area contributed by atoms with Gasteiger partial charge in [0.1, 0.15) is 17.7 Å². The number of fused-ring (bicyclic) bond motifs is 1. The molecule has 3 aromatic carbocycles. The zero-order valence-corrected chi connectivity index (χ0v) is 15.7. The maximum atomic E-state index is 6.22. The number of rotatable bonds is 5. The Balaban J connectivity index is 1.22. The molecule has 1 aromatic heterocycles. The van der Waals surface area contributed by atoms with Crippen LogP contribution in [0.2, 0.25) is 0 Å². The summed E-state index contributed by atoms with van der Waals surface area (Å²) in [5, 5.41) is 0. The Hall–Kier alpha value is -3.11. The second kappa shape index (κ2) is 7.49. The van der Waals surface area contributed by atoms with Gasteiger partial charge in [0.2, 0.25) is 0 Å². The first-order valence-corrected chi connectivity index (χ1v) is 9.82. The molecule has 1 aliphatic heterocycles.